The first-order chi connectivity index (χ1) is 8.81. The molecule has 0 amide bonds. The molecule has 0 aromatic rings. The summed E-state index contributed by atoms with van der Waals surface area (Å²) in [5.41, 5.74) is 0. The van der Waals surface area contributed by atoms with Crippen LogP contribution in [0.3, 0.4) is 0 Å². The van der Waals surface area contributed by atoms with E-state index in [4.69, 9.17) is 18.9 Å². The second kappa shape index (κ2) is 6.48. The molecule has 1 N–H and O–H groups in total. The maximum absolute atomic E-state index is 11.1. The van der Waals surface area contributed by atoms with Gasteiger partial charge in [-0.3, -0.25) is 14.4 Å². The average Bonchev–Trinajstić information content (AvgIpc) is 2.25. The number of aliphatic hydroxyl groups is 1. The summed E-state index contributed by atoms with van der Waals surface area (Å²) in [6.45, 7) is 3.29. The van der Waals surface area contributed by atoms with E-state index in [1.165, 1.54) is 6.92 Å². The number of carbonyl (C=O) groups excluding carboxylic acids is 3. The van der Waals surface area contributed by atoms with E-state index in [1.54, 1.807) is 0 Å². The van der Waals surface area contributed by atoms with E-state index in [9.17, 15) is 19.5 Å². The quantitative estimate of drug-likeness (QED) is 0.523. The molecular weight excluding hydrogens is 260 g/mol. The second-order valence-electron chi connectivity index (χ2n) is 4.02. The van der Waals surface area contributed by atoms with Crippen molar-refractivity contribution in [1.82, 2.24) is 0 Å². The lowest BCUT2D eigenvalue weighted by Crippen LogP contribution is -2.57. The molecule has 0 spiro atoms. The summed E-state index contributed by atoms with van der Waals surface area (Å²) in [6, 6.07) is 0. The number of hydrogen-bond donors (Lipinski definition) is 1. The number of ether oxygens (including phenoxy) is 4. The zero-order chi connectivity index (χ0) is 14.6. The minimum Gasteiger partial charge on any atom is -0.456 e. The Morgan fingerprint density at radius 2 is 1.42 bits per heavy atom. The highest BCUT2D eigenvalue weighted by Gasteiger charge is 2.46. The van der Waals surface area contributed by atoms with Crippen molar-refractivity contribution in [2.75, 3.05) is 6.61 Å². The van der Waals surface area contributed by atoms with Crippen molar-refractivity contribution in [2.24, 2.45) is 0 Å². The predicted molar refractivity (Wildman–Crippen MR) is 58.6 cm³/mol. The van der Waals surface area contributed by atoms with Gasteiger partial charge in [-0.2, -0.15) is 0 Å². The number of esters is 3. The molecule has 0 aromatic heterocycles. The molecule has 1 fully saturated rings. The molecule has 0 bridgehead atoms. The molecule has 19 heavy (non-hydrogen) atoms. The molecule has 8 nitrogen and oxygen atoms in total. The lowest BCUT2D eigenvalue weighted by atomic mass is 10.0. The summed E-state index contributed by atoms with van der Waals surface area (Å²) in [6.07, 6.45) is -4.78. The van der Waals surface area contributed by atoms with Gasteiger partial charge in [-0.1, -0.05) is 0 Å². The van der Waals surface area contributed by atoms with Crippen molar-refractivity contribution in [3.05, 3.63) is 0 Å². The molecule has 0 aliphatic carbocycles. The second-order valence-corrected chi connectivity index (χ2v) is 4.02. The van der Waals surface area contributed by atoms with Gasteiger partial charge in [0, 0.05) is 20.8 Å². The van der Waals surface area contributed by atoms with Gasteiger partial charge in [0.05, 0.1) is 6.61 Å². The van der Waals surface area contributed by atoms with Gasteiger partial charge in [0.2, 0.25) is 0 Å². The van der Waals surface area contributed by atoms with E-state index < -0.39 is 42.5 Å². The molecule has 0 saturated carbocycles. The largest absolute Gasteiger partial charge is 0.456 e. The van der Waals surface area contributed by atoms with Crippen LogP contribution in [0.25, 0.3) is 0 Å². The van der Waals surface area contributed by atoms with Crippen molar-refractivity contribution in [3.63, 3.8) is 0 Å². The van der Waals surface area contributed by atoms with Crippen LogP contribution in [0, 0.1) is 0 Å². The fourth-order valence-corrected chi connectivity index (χ4v) is 1.72. The number of carbonyl (C=O) groups is 3. The lowest BCUT2D eigenvalue weighted by molar-refractivity contribution is -0.267. The van der Waals surface area contributed by atoms with Crippen LogP contribution in [-0.2, 0) is 33.3 Å². The van der Waals surface area contributed by atoms with E-state index in [2.05, 4.69) is 0 Å². The van der Waals surface area contributed by atoms with E-state index in [0.29, 0.717) is 0 Å². The van der Waals surface area contributed by atoms with E-state index in [1.807, 2.05) is 0 Å². The third-order valence-corrected chi connectivity index (χ3v) is 2.32. The number of rotatable bonds is 3. The van der Waals surface area contributed by atoms with Gasteiger partial charge >= 0.3 is 17.9 Å². The van der Waals surface area contributed by atoms with Crippen molar-refractivity contribution in [1.29, 1.82) is 0 Å². The summed E-state index contributed by atoms with van der Waals surface area (Å²) in [7, 11) is 0. The highest BCUT2D eigenvalue weighted by molar-refractivity contribution is 5.68. The summed E-state index contributed by atoms with van der Waals surface area (Å²) >= 11 is 0. The van der Waals surface area contributed by atoms with Gasteiger partial charge in [-0.15, -0.1) is 0 Å². The van der Waals surface area contributed by atoms with Crippen LogP contribution in [-0.4, -0.2) is 54.2 Å². The predicted octanol–water partition coefficient (Wildman–Crippen LogP) is -0.870. The Balaban J connectivity index is 2.89. The van der Waals surface area contributed by atoms with Crippen molar-refractivity contribution in [3.8, 4) is 0 Å². The maximum atomic E-state index is 11.1. The highest BCUT2D eigenvalue weighted by Crippen LogP contribution is 2.23. The first-order valence-corrected chi connectivity index (χ1v) is 5.62. The molecular formula is C11H16O8. The molecule has 8 heteroatoms. The van der Waals surface area contributed by atoms with Crippen LogP contribution in [0.2, 0.25) is 0 Å². The Kier molecular flexibility index (Phi) is 5.25. The third kappa shape index (κ3) is 4.49. The molecule has 1 saturated heterocycles. The van der Waals surface area contributed by atoms with Crippen LogP contribution in [0.1, 0.15) is 20.8 Å². The topological polar surface area (TPSA) is 108 Å². The van der Waals surface area contributed by atoms with Crippen molar-refractivity contribution in [2.45, 2.75) is 45.4 Å². The van der Waals surface area contributed by atoms with Crippen LogP contribution >= 0.6 is 0 Å². The number of aliphatic hydroxyl groups excluding tert-OH is 1. The fourth-order valence-electron chi connectivity index (χ4n) is 1.72. The lowest BCUT2D eigenvalue weighted by Gasteiger charge is -2.38. The molecule has 1 unspecified atom stereocenters. The van der Waals surface area contributed by atoms with Crippen molar-refractivity contribution < 1.29 is 38.4 Å². The Bertz CT molecular complexity index is 366. The Morgan fingerprint density at radius 3 is 1.89 bits per heavy atom. The molecule has 1 aliphatic heterocycles. The van der Waals surface area contributed by atoms with Crippen LogP contribution in [0.15, 0.2) is 0 Å². The zero-order valence-electron chi connectivity index (χ0n) is 10.8. The van der Waals surface area contributed by atoms with Crippen LogP contribution in [0.5, 0.6) is 0 Å². The van der Waals surface area contributed by atoms with Crippen molar-refractivity contribution >= 4 is 17.9 Å². The minimum absolute atomic E-state index is 0.170. The monoisotopic (exact) mass is 276 g/mol. The molecule has 1 rings (SSSR count). The maximum Gasteiger partial charge on any atom is 0.303 e. The summed E-state index contributed by atoms with van der Waals surface area (Å²) < 4.78 is 19.6. The molecule has 0 radical (unpaired) electrons. The van der Waals surface area contributed by atoms with E-state index >= 15 is 0 Å². The van der Waals surface area contributed by atoms with Gasteiger partial charge in [-0.25, -0.2) is 0 Å². The Morgan fingerprint density at radius 1 is 0.947 bits per heavy atom. The highest BCUT2D eigenvalue weighted by atomic mass is 16.7. The average molecular weight is 276 g/mol. The molecule has 108 valence electrons. The smallest absolute Gasteiger partial charge is 0.303 e. The zero-order valence-corrected chi connectivity index (χ0v) is 10.8. The van der Waals surface area contributed by atoms with Gasteiger partial charge in [0.1, 0.15) is 0 Å². The first kappa shape index (κ1) is 15.4. The third-order valence-electron chi connectivity index (χ3n) is 2.32. The molecule has 1 aliphatic rings. The Hall–Kier alpha value is -1.67. The normalized spacial score (nSPS) is 30.3. The SMILES string of the molecule is CC(=O)OC1[C@@H](OC(C)=O)[C@@H](OC(C)=O)CO[C@@H]1O. The molecule has 0 aromatic carbocycles. The first-order valence-electron chi connectivity index (χ1n) is 5.62. The minimum atomic E-state index is -1.46. The van der Waals surface area contributed by atoms with Gasteiger partial charge in [0.15, 0.2) is 24.6 Å². The molecule has 4 atom stereocenters. The van der Waals surface area contributed by atoms with Crippen LogP contribution in [0.4, 0.5) is 0 Å². The van der Waals surface area contributed by atoms with Crippen LogP contribution < -0.4 is 0 Å². The number of hydrogen-bond acceptors (Lipinski definition) is 8. The van der Waals surface area contributed by atoms with Gasteiger partial charge in [0.25, 0.3) is 0 Å². The van der Waals surface area contributed by atoms with Gasteiger partial charge in [-0.05, 0) is 0 Å². The fraction of sp³-hybridized carbons (Fsp3) is 0.727. The van der Waals surface area contributed by atoms with Gasteiger partial charge < -0.3 is 24.1 Å². The standard InChI is InChI=1S/C11H16O8/c1-5(12)17-8-4-16-11(15)10(19-7(3)14)9(8)18-6(2)13/h8-11,15H,4H2,1-3H3/t8-,9-,10?,11-/m0/s1. The summed E-state index contributed by atoms with van der Waals surface area (Å²) in [5, 5.41) is 9.62. The Labute approximate surface area is 109 Å². The van der Waals surface area contributed by atoms with E-state index in [0.717, 1.165) is 13.8 Å². The summed E-state index contributed by atoms with van der Waals surface area (Å²) in [5.74, 6) is -1.95. The van der Waals surface area contributed by atoms with E-state index in [-0.39, 0.29) is 6.61 Å². The molecule has 1 heterocycles. The summed E-state index contributed by atoms with van der Waals surface area (Å²) in [4.78, 5) is 33.0.